The molecule has 1 heterocycles. The largest absolute Gasteiger partial charge is 0.396 e. The van der Waals surface area contributed by atoms with Gasteiger partial charge >= 0.3 is 0 Å². The number of nitrogens with zero attached hydrogens (tertiary/aromatic N) is 1. The van der Waals surface area contributed by atoms with Gasteiger partial charge in [0.2, 0.25) is 0 Å². The summed E-state index contributed by atoms with van der Waals surface area (Å²) < 4.78 is 0. The van der Waals surface area contributed by atoms with Crippen LogP contribution in [-0.2, 0) is 0 Å². The van der Waals surface area contributed by atoms with Crippen molar-refractivity contribution in [1.29, 1.82) is 0 Å². The highest BCUT2D eigenvalue weighted by Gasteiger charge is 2.34. The van der Waals surface area contributed by atoms with Crippen molar-refractivity contribution in [3.05, 3.63) is 0 Å². The number of likely N-dealkylation sites (tertiary alicyclic amines) is 1. The molecule has 3 nitrogen and oxygen atoms in total. The number of aliphatic hydroxyl groups excluding tert-OH is 1. The monoisotopic (exact) mass is 282 g/mol. The van der Waals surface area contributed by atoms with Crippen molar-refractivity contribution in [3.8, 4) is 0 Å². The Morgan fingerprint density at radius 2 is 1.90 bits per heavy atom. The molecule has 1 atom stereocenters. The minimum absolute atomic E-state index is 0.340. The van der Waals surface area contributed by atoms with Gasteiger partial charge in [0.05, 0.1) is 0 Å². The highest BCUT2D eigenvalue weighted by molar-refractivity contribution is 4.90. The normalized spacial score (nSPS) is 25.1. The summed E-state index contributed by atoms with van der Waals surface area (Å²) in [4.78, 5) is 2.68. The van der Waals surface area contributed by atoms with Crippen molar-refractivity contribution >= 4 is 0 Å². The van der Waals surface area contributed by atoms with Gasteiger partial charge < -0.3 is 10.4 Å². The molecule has 118 valence electrons. The third-order valence-corrected chi connectivity index (χ3v) is 5.59. The van der Waals surface area contributed by atoms with Gasteiger partial charge in [-0.2, -0.15) is 0 Å². The minimum atomic E-state index is 0.340. The maximum Gasteiger partial charge on any atom is 0.0445 e. The lowest BCUT2D eigenvalue weighted by Crippen LogP contribution is -2.49. The van der Waals surface area contributed by atoms with E-state index in [4.69, 9.17) is 0 Å². The fourth-order valence-electron chi connectivity index (χ4n) is 3.60. The number of nitrogens with one attached hydrogen (secondary N) is 1. The highest BCUT2D eigenvalue weighted by atomic mass is 16.3. The maximum absolute atomic E-state index is 9.29. The molecule has 1 aliphatic heterocycles. The third kappa shape index (κ3) is 4.44. The van der Waals surface area contributed by atoms with Gasteiger partial charge in [-0.25, -0.2) is 0 Å². The van der Waals surface area contributed by atoms with E-state index in [9.17, 15) is 5.11 Å². The van der Waals surface area contributed by atoms with Crippen molar-refractivity contribution < 1.29 is 5.11 Å². The predicted octanol–water partition coefficient (Wildman–Crippen LogP) is 2.78. The van der Waals surface area contributed by atoms with E-state index in [1.165, 1.54) is 64.6 Å². The lowest BCUT2D eigenvalue weighted by atomic mass is 9.80. The molecule has 0 bridgehead atoms. The Hall–Kier alpha value is -0.120. The average molecular weight is 282 g/mol. The molecule has 3 heteroatoms. The van der Waals surface area contributed by atoms with Gasteiger partial charge in [0.1, 0.15) is 0 Å². The van der Waals surface area contributed by atoms with Crippen LogP contribution in [0.2, 0.25) is 0 Å². The number of rotatable bonds is 9. The lowest BCUT2D eigenvalue weighted by Gasteiger charge is -2.43. The molecule has 0 amide bonds. The molecule has 0 aromatic rings. The summed E-state index contributed by atoms with van der Waals surface area (Å²) in [6.07, 6.45) is 10.2. The van der Waals surface area contributed by atoms with Crippen molar-refractivity contribution in [1.82, 2.24) is 10.2 Å². The molecular formula is C17H34N2O. The van der Waals surface area contributed by atoms with E-state index in [1.54, 1.807) is 0 Å². The van der Waals surface area contributed by atoms with Crippen LogP contribution >= 0.6 is 0 Å². The number of piperidine rings is 1. The fraction of sp³-hybridized carbons (Fsp3) is 1.00. The van der Waals surface area contributed by atoms with Crippen LogP contribution in [0.5, 0.6) is 0 Å². The second-order valence-corrected chi connectivity index (χ2v) is 6.99. The van der Waals surface area contributed by atoms with Gasteiger partial charge in [-0.1, -0.05) is 20.3 Å². The lowest BCUT2D eigenvalue weighted by molar-refractivity contribution is 0.0599. The van der Waals surface area contributed by atoms with Gasteiger partial charge in [-0.15, -0.1) is 0 Å². The van der Waals surface area contributed by atoms with Crippen molar-refractivity contribution in [2.24, 2.45) is 5.41 Å². The average Bonchev–Trinajstić information content (AvgIpc) is 3.30. The summed E-state index contributed by atoms with van der Waals surface area (Å²) in [6.45, 7) is 8.66. The molecule has 0 spiro atoms. The van der Waals surface area contributed by atoms with Gasteiger partial charge in [0, 0.05) is 31.8 Å². The topological polar surface area (TPSA) is 35.5 Å². The first-order valence-electron chi connectivity index (χ1n) is 8.81. The molecule has 0 radical (unpaired) electrons. The maximum atomic E-state index is 9.29. The second-order valence-electron chi connectivity index (χ2n) is 6.99. The first-order valence-corrected chi connectivity index (χ1v) is 8.81. The molecule has 2 fully saturated rings. The number of aliphatic hydroxyl groups is 1. The number of hydrogen-bond donors (Lipinski definition) is 2. The van der Waals surface area contributed by atoms with E-state index in [-0.39, 0.29) is 0 Å². The summed E-state index contributed by atoms with van der Waals surface area (Å²) in [5.74, 6) is 0. The smallest absolute Gasteiger partial charge is 0.0445 e. The van der Waals surface area contributed by atoms with Gasteiger partial charge in [0.25, 0.3) is 0 Å². The van der Waals surface area contributed by atoms with Crippen LogP contribution in [0.25, 0.3) is 0 Å². The van der Waals surface area contributed by atoms with E-state index in [1.807, 2.05) is 0 Å². The summed E-state index contributed by atoms with van der Waals surface area (Å²) in [5.41, 5.74) is 0.424. The summed E-state index contributed by atoms with van der Waals surface area (Å²) in [5, 5.41) is 13.1. The highest BCUT2D eigenvalue weighted by Crippen LogP contribution is 2.32. The molecule has 0 aromatic heterocycles. The molecule has 1 saturated carbocycles. The first-order chi connectivity index (χ1) is 9.73. The third-order valence-electron chi connectivity index (χ3n) is 5.59. The zero-order valence-electron chi connectivity index (χ0n) is 13.5. The van der Waals surface area contributed by atoms with Gasteiger partial charge in [-0.05, 0) is 56.9 Å². The van der Waals surface area contributed by atoms with E-state index in [0.717, 1.165) is 12.5 Å². The SMILES string of the molecule is CCC(CC)(CNC1CC1)CN1CCCCC1CCO. The Balaban J connectivity index is 1.92. The molecule has 1 aliphatic carbocycles. The first kappa shape index (κ1) is 16.3. The Morgan fingerprint density at radius 1 is 1.15 bits per heavy atom. The molecular weight excluding hydrogens is 248 g/mol. The molecule has 20 heavy (non-hydrogen) atoms. The van der Waals surface area contributed by atoms with Gasteiger partial charge in [0.15, 0.2) is 0 Å². The van der Waals surface area contributed by atoms with Crippen LogP contribution in [-0.4, -0.2) is 48.3 Å². The van der Waals surface area contributed by atoms with Crippen LogP contribution < -0.4 is 5.32 Å². The molecule has 2 N–H and O–H groups in total. The van der Waals surface area contributed by atoms with Crippen molar-refractivity contribution in [2.45, 2.75) is 77.3 Å². The quantitative estimate of drug-likeness (QED) is 0.682. The summed E-state index contributed by atoms with van der Waals surface area (Å²) >= 11 is 0. The molecule has 2 aliphatic rings. The van der Waals surface area contributed by atoms with Crippen molar-refractivity contribution in [2.75, 3.05) is 26.2 Å². The van der Waals surface area contributed by atoms with E-state index >= 15 is 0 Å². The van der Waals surface area contributed by atoms with Crippen molar-refractivity contribution in [3.63, 3.8) is 0 Å². The predicted molar refractivity (Wildman–Crippen MR) is 85.0 cm³/mol. The molecule has 2 rings (SSSR count). The van der Waals surface area contributed by atoms with E-state index in [0.29, 0.717) is 18.1 Å². The second kappa shape index (κ2) is 7.77. The van der Waals surface area contributed by atoms with Crippen LogP contribution in [0.4, 0.5) is 0 Å². The molecule has 1 unspecified atom stereocenters. The molecule has 1 saturated heterocycles. The Morgan fingerprint density at radius 3 is 2.50 bits per heavy atom. The minimum Gasteiger partial charge on any atom is -0.396 e. The van der Waals surface area contributed by atoms with Crippen LogP contribution in [0.3, 0.4) is 0 Å². The van der Waals surface area contributed by atoms with Crippen LogP contribution in [0.1, 0.15) is 65.2 Å². The molecule has 0 aromatic carbocycles. The van der Waals surface area contributed by atoms with Crippen LogP contribution in [0.15, 0.2) is 0 Å². The zero-order chi connectivity index (χ0) is 14.4. The standard InChI is InChI=1S/C17H34N2O/c1-3-17(4-2,13-18-15-8-9-15)14-19-11-6-5-7-16(19)10-12-20/h15-16,18,20H,3-14H2,1-2H3. The number of hydrogen-bond acceptors (Lipinski definition) is 3. The summed E-state index contributed by atoms with van der Waals surface area (Å²) in [6, 6.07) is 1.43. The van der Waals surface area contributed by atoms with Gasteiger partial charge in [-0.3, -0.25) is 4.90 Å². The van der Waals surface area contributed by atoms with Crippen LogP contribution in [0, 0.1) is 5.41 Å². The Kier molecular flexibility index (Phi) is 6.31. The summed E-state index contributed by atoms with van der Waals surface area (Å²) in [7, 11) is 0. The Bertz CT molecular complexity index is 272. The van der Waals surface area contributed by atoms with E-state index < -0.39 is 0 Å². The zero-order valence-corrected chi connectivity index (χ0v) is 13.5. The fourth-order valence-corrected chi connectivity index (χ4v) is 3.60. The van der Waals surface area contributed by atoms with E-state index in [2.05, 4.69) is 24.1 Å². The Labute approximate surface area is 125 Å².